The van der Waals surface area contributed by atoms with Crippen LogP contribution < -0.4 is 4.74 Å². The number of aliphatic hydroxyl groups excluding tert-OH is 1. The fourth-order valence-corrected chi connectivity index (χ4v) is 9.85. The summed E-state index contributed by atoms with van der Waals surface area (Å²) in [6.45, 7) is 5.60. The van der Waals surface area contributed by atoms with Gasteiger partial charge in [0.15, 0.2) is 5.78 Å². The lowest BCUT2D eigenvalue weighted by atomic mass is 9.64. The lowest BCUT2D eigenvalue weighted by Gasteiger charge is -2.48. The summed E-state index contributed by atoms with van der Waals surface area (Å²) in [5, 5.41) is 37.1. The lowest BCUT2D eigenvalue weighted by molar-refractivity contribution is -0.101. The molecule has 5 atom stereocenters. The standard InChI is InChI=1S/C47H55NO5/c1-33-12-10-27-45(2)42(40-25-19-34(30-38(49)22-18-33)31-41(40)44(50)35-20-23-39(53-3)24-21-35)26-28-46(45,51)32-48-29-11-17-43(48)47(52,36-13-6-4-7-14-36)37-15-8-5-9-16-37/h4-9,12-16,19-21,23-25,31,38,42-43,49,51-52H,10-11,17-18,22,26-30,32H2,1-3H3/t38-,42-,43+,45-,46+/m0/s1. The average Bonchev–Trinajstić information content (AvgIpc) is 3.75. The molecule has 53 heavy (non-hydrogen) atoms. The van der Waals surface area contributed by atoms with Crippen LogP contribution in [0.2, 0.25) is 0 Å². The molecule has 3 N–H and O–H groups in total. The van der Waals surface area contributed by atoms with Crippen molar-refractivity contribution in [2.75, 3.05) is 20.2 Å². The first kappa shape index (κ1) is 37.3. The second-order valence-corrected chi connectivity index (χ2v) is 16.1. The molecule has 1 saturated carbocycles. The SMILES string of the molecule is COc1ccc(C(=O)c2cc3ccc2[C@@H]2CC[C@@](O)(CN4CCC[C@@H]4C(O)(c4ccccc4)c4ccccc4)[C@@]2(C)CCC=C(C)CC[C@H](O)C3)cc1. The molecule has 8 rings (SSSR count). The number of benzene rings is 4. The molecule has 4 aliphatic rings. The molecule has 1 aliphatic heterocycles. The number of hydrogen-bond donors (Lipinski definition) is 3. The van der Waals surface area contributed by atoms with Crippen molar-refractivity contribution in [1.29, 1.82) is 0 Å². The molecule has 4 aromatic carbocycles. The molecular weight excluding hydrogens is 659 g/mol. The molecule has 0 aromatic heterocycles. The van der Waals surface area contributed by atoms with Crippen molar-refractivity contribution in [3.05, 3.63) is 148 Å². The molecule has 2 bridgehead atoms. The van der Waals surface area contributed by atoms with Crippen LogP contribution in [0.4, 0.5) is 0 Å². The molecule has 6 heteroatoms. The third-order valence-corrected chi connectivity index (χ3v) is 13.0. The third kappa shape index (κ3) is 7.15. The molecule has 4 aromatic rings. The minimum absolute atomic E-state index is 0.0602. The summed E-state index contributed by atoms with van der Waals surface area (Å²) in [6, 6.07) is 33.2. The van der Waals surface area contributed by atoms with Gasteiger partial charge in [-0.3, -0.25) is 9.69 Å². The number of rotatable bonds is 8. The van der Waals surface area contributed by atoms with Gasteiger partial charge in [0.2, 0.25) is 0 Å². The summed E-state index contributed by atoms with van der Waals surface area (Å²) in [7, 11) is 1.62. The van der Waals surface area contributed by atoms with Gasteiger partial charge in [0.1, 0.15) is 11.4 Å². The zero-order valence-electron chi connectivity index (χ0n) is 31.5. The predicted molar refractivity (Wildman–Crippen MR) is 210 cm³/mol. The molecule has 0 unspecified atom stereocenters. The number of likely N-dealkylation sites (tertiary alicyclic amines) is 1. The van der Waals surface area contributed by atoms with Crippen molar-refractivity contribution in [1.82, 2.24) is 4.90 Å². The Hall–Kier alpha value is -4.07. The smallest absolute Gasteiger partial charge is 0.193 e. The van der Waals surface area contributed by atoms with Gasteiger partial charge in [-0.05, 0) is 130 Å². The van der Waals surface area contributed by atoms with E-state index in [1.165, 1.54) is 5.57 Å². The highest BCUT2D eigenvalue weighted by molar-refractivity contribution is 6.10. The van der Waals surface area contributed by atoms with Gasteiger partial charge in [0.25, 0.3) is 0 Å². The van der Waals surface area contributed by atoms with Crippen LogP contribution in [0.3, 0.4) is 0 Å². The summed E-state index contributed by atoms with van der Waals surface area (Å²) in [6.07, 6.45) is 8.31. The summed E-state index contributed by atoms with van der Waals surface area (Å²) in [5.74, 6) is 0.551. The van der Waals surface area contributed by atoms with E-state index in [0.29, 0.717) is 42.7 Å². The number of β-amino-alcohol motifs (C(OH)–C–C–N with tert-alkyl or cyclic N) is 1. The Morgan fingerprint density at radius 2 is 1.58 bits per heavy atom. The van der Waals surface area contributed by atoms with E-state index in [0.717, 1.165) is 67.3 Å². The molecule has 1 saturated heterocycles. The number of carbonyl (C=O) groups excluding carboxylic acids is 1. The Kier molecular flexibility index (Phi) is 10.8. The van der Waals surface area contributed by atoms with E-state index in [1.807, 2.05) is 91.0 Å². The molecule has 0 radical (unpaired) electrons. The van der Waals surface area contributed by atoms with Gasteiger partial charge in [0.05, 0.1) is 18.8 Å². The Morgan fingerprint density at radius 1 is 0.906 bits per heavy atom. The summed E-state index contributed by atoms with van der Waals surface area (Å²) in [5.41, 5.74) is 3.18. The maximum absolute atomic E-state index is 14.5. The zero-order chi connectivity index (χ0) is 37.2. The molecule has 278 valence electrons. The van der Waals surface area contributed by atoms with Crippen LogP contribution in [0.25, 0.3) is 0 Å². The second kappa shape index (κ2) is 15.3. The summed E-state index contributed by atoms with van der Waals surface area (Å²) >= 11 is 0. The maximum atomic E-state index is 14.5. The monoisotopic (exact) mass is 713 g/mol. The number of allylic oxidation sites excluding steroid dienone is 2. The Labute approximate surface area is 315 Å². The van der Waals surface area contributed by atoms with Crippen molar-refractivity contribution in [2.45, 2.75) is 101 Å². The number of hydrogen-bond acceptors (Lipinski definition) is 6. The largest absolute Gasteiger partial charge is 0.497 e. The van der Waals surface area contributed by atoms with Crippen molar-refractivity contribution in [3.8, 4) is 5.75 Å². The fraction of sp³-hybridized carbons (Fsp3) is 0.426. The van der Waals surface area contributed by atoms with Crippen LogP contribution in [-0.4, -0.2) is 63.9 Å². The maximum Gasteiger partial charge on any atom is 0.193 e. The highest BCUT2D eigenvalue weighted by atomic mass is 16.5. The van der Waals surface area contributed by atoms with E-state index in [-0.39, 0.29) is 17.7 Å². The molecule has 3 aliphatic carbocycles. The van der Waals surface area contributed by atoms with Gasteiger partial charge in [-0.2, -0.15) is 0 Å². The van der Waals surface area contributed by atoms with Gasteiger partial charge < -0.3 is 20.1 Å². The van der Waals surface area contributed by atoms with Crippen molar-refractivity contribution >= 4 is 5.78 Å². The minimum Gasteiger partial charge on any atom is -0.497 e. The first-order valence-electron chi connectivity index (χ1n) is 19.5. The molecule has 1 heterocycles. The minimum atomic E-state index is -1.25. The van der Waals surface area contributed by atoms with E-state index >= 15 is 0 Å². The Morgan fingerprint density at radius 3 is 2.25 bits per heavy atom. The van der Waals surface area contributed by atoms with Gasteiger partial charge in [0, 0.05) is 29.1 Å². The summed E-state index contributed by atoms with van der Waals surface area (Å²) < 4.78 is 5.38. The van der Waals surface area contributed by atoms with Crippen LogP contribution >= 0.6 is 0 Å². The van der Waals surface area contributed by atoms with Crippen molar-refractivity contribution in [2.24, 2.45) is 5.41 Å². The Bertz CT molecular complexity index is 1870. The van der Waals surface area contributed by atoms with Crippen molar-refractivity contribution in [3.63, 3.8) is 0 Å². The normalized spacial score (nSPS) is 26.8. The number of ketones is 1. The fourth-order valence-electron chi connectivity index (χ4n) is 9.85. The second-order valence-electron chi connectivity index (χ2n) is 16.1. The number of aliphatic hydroxyl groups is 3. The highest BCUT2D eigenvalue weighted by Gasteiger charge is 2.59. The van der Waals surface area contributed by atoms with Crippen LogP contribution in [0.15, 0.2) is 115 Å². The number of ether oxygens (including phenoxy) is 1. The number of carbonyl (C=O) groups is 1. The zero-order valence-corrected chi connectivity index (χ0v) is 31.5. The number of fused-ring (bicyclic) bond motifs is 8. The number of nitrogens with zero attached hydrogens (tertiary/aromatic N) is 1. The van der Waals surface area contributed by atoms with Gasteiger partial charge in [-0.15, -0.1) is 0 Å². The highest BCUT2D eigenvalue weighted by Crippen LogP contribution is 2.59. The van der Waals surface area contributed by atoms with Gasteiger partial charge >= 0.3 is 0 Å². The lowest BCUT2D eigenvalue weighted by Crippen LogP contribution is -2.57. The van der Waals surface area contributed by atoms with E-state index < -0.39 is 22.7 Å². The molecule has 2 fully saturated rings. The quantitative estimate of drug-likeness (QED) is 0.126. The predicted octanol–water partition coefficient (Wildman–Crippen LogP) is 8.37. The van der Waals surface area contributed by atoms with Gasteiger partial charge in [-0.25, -0.2) is 0 Å². The van der Waals surface area contributed by atoms with Crippen LogP contribution in [0, 0.1) is 5.41 Å². The molecule has 6 nitrogen and oxygen atoms in total. The van der Waals surface area contributed by atoms with Crippen LogP contribution in [0.1, 0.15) is 109 Å². The molecule has 0 amide bonds. The third-order valence-electron chi connectivity index (χ3n) is 13.0. The van der Waals surface area contributed by atoms with E-state index in [2.05, 4.69) is 37.0 Å². The van der Waals surface area contributed by atoms with E-state index in [9.17, 15) is 20.1 Å². The first-order valence-corrected chi connectivity index (χ1v) is 19.5. The van der Waals surface area contributed by atoms with E-state index in [1.54, 1.807) is 7.11 Å². The number of methoxy groups -OCH3 is 1. The first-order chi connectivity index (χ1) is 25.6. The van der Waals surface area contributed by atoms with E-state index in [4.69, 9.17) is 4.74 Å². The summed E-state index contributed by atoms with van der Waals surface area (Å²) in [4.78, 5) is 16.8. The van der Waals surface area contributed by atoms with Gasteiger partial charge in [-0.1, -0.05) is 91.4 Å². The Balaban J connectivity index is 1.29. The van der Waals surface area contributed by atoms with Crippen LogP contribution in [-0.2, 0) is 12.0 Å². The average molecular weight is 714 g/mol. The molecule has 0 spiro atoms. The van der Waals surface area contributed by atoms with Crippen molar-refractivity contribution < 1.29 is 24.9 Å². The van der Waals surface area contributed by atoms with Crippen LogP contribution in [0.5, 0.6) is 5.75 Å². The molecular formula is C47H55NO5. The topological polar surface area (TPSA) is 90.2 Å².